The Morgan fingerprint density at radius 1 is 1.20 bits per heavy atom. The van der Waals surface area contributed by atoms with E-state index in [1.165, 1.54) is 32.4 Å². The van der Waals surface area contributed by atoms with Gasteiger partial charge in [-0.1, -0.05) is 6.42 Å². The van der Waals surface area contributed by atoms with Crippen LogP contribution in [-0.2, 0) is 4.74 Å². The van der Waals surface area contributed by atoms with Crippen LogP contribution in [0, 0.1) is 0 Å². The van der Waals surface area contributed by atoms with Crippen molar-refractivity contribution in [3.05, 3.63) is 0 Å². The minimum absolute atomic E-state index is 0.486. The van der Waals surface area contributed by atoms with Crippen molar-refractivity contribution in [2.45, 2.75) is 38.5 Å². The smallest absolute Gasteiger partial charge is 0.137 e. The molecule has 0 aromatic rings. The first-order chi connectivity index (χ1) is 4.88. The lowest BCUT2D eigenvalue weighted by molar-refractivity contribution is 0.149. The van der Waals surface area contributed by atoms with Crippen LogP contribution < -0.4 is 0 Å². The third-order valence-corrected chi connectivity index (χ3v) is 2.43. The Kier molecular flexibility index (Phi) is 1.66. The maximum absolute atomic E-state index is 5.38. The van der Waals surface area contributed by atoms with Gasteiger partial charge in [-0.25, -0.2) is 0 Å². The second-order valence-electron chi connectivity index (χ2n) is 3.33. The van der Waals surface area contributed by atoms with E-state index < -0.39 is 0 Å². The van der Waals surface area contributed by atoms with Crippen LogP contribution in [-0.4, -0.2) is 30.3 Å². The molecule has 2 atom stereocenters. The third-order valence-electron chi connectivity index (χ3n) is 2.43. The van der Waals surface area contributed by atoms with Gasteiger partial charge in [0, 0.05) is 13.1 Å². The van der Waals surface area contributed by atoms with Gasteiger partial charge in [-0.2, -0.15) is 0 Å². The molecule has 2 saturated heterocycles. The van der Waals surface area contributed by atoms with Crippen LogP contribution in [0.2, 0.25) is 0 Å². The Morgan fingerprint density at radius 2 is 1.80 bits per heavy atom. The molecule has 0 bridgehead atoms. The first-order valence-electron chi connectivity index (χ1n) is 4.27. The number of piperidine rings is 1. The summed E-state index contributed by atoms with van der Waals surface area (Å²) in [7, 11) is 0. The van der Waals surface area contributed by atoms with Crippen molar-refractivity contribution >= 4 is 0 Å². The maximum Gasteiger partial charge on any atom is 0.137 e. The van der Waals surface area contributed by atoms with Crippen molar-refractivity contribution in [1.29, 1.82) is 0 Å². The molecule has 2 nitrogen and oxygen atoms in total. The third kappa shape index (κ3) is 1.18. The zero-order chi connectivity index (χ0) is 6.97. The van der Waals surface area contributed by atoms with Gasteiger partial charge in [0.15, 0.2) is 0 Å². The van der Waals surface area contributed by atoms with E-state index in [2.05, 4.69) is 11.8 Å². The monoisotopic (exact) mass is 141 g/mol. The van der Waals surface area contributed by atoms with Gasteiger partial charge in [-0.15, -0.1) is 0 Å². The fraction of sp³-hybridized carbons (Fsp3) is 1.00. The first kappa shape index (κ1) is 6.62. The van der Waals surface area contributed by atoms with Crippen LogP contribution in [0.15, 0.2) is 0 Å². The maximum atomic E-state index is 5.38. The summed E-state index contributed by atoms with van der Waals surface area (Å²) in [6.45, 7) is 4.67. The summed E-state index contributed by atoms with van der Waals surface area (Å²) in [5, 5.41) is 0. The highest BCUT2D eigenvalue weighted by molar-refractivity contribution is 4.82. The summed E-state index contributed by atoms with van der Waals surface area (Å²) >= 11 is 0. The molecule has 0 aliphatic carbocycles. The molecule has 2 rings (SSSR count). The van der Waals surface area contributed by atoms with Crippen molar-refractivity contribution < 1.29 is 4.74 Å². The van der Waals surface area contributed by atoms with E-state index in [4.69, 9.17) is 4.74 Å². The summed E-state index contributed by atoms with van der Waals surface area (Å²) in [6, 6.07) is 0. The molecule has 0 saturated carbocycles. The normalized spacial score (nSPS) is 41.7. The Balaban J connectivity index is 1.81. The Bertz CT molecular complexity index is 120. The zero-order valence-electron chi connectivity index (χ0n) is 6.55. The zero-order valence-corrected chi connectivity index (χ0v) is 6.55. The summed E-state index contributed by atoms with van der Waals surface area (Å²) in [4.78, 5) is 2.47. The number of hydrogen-bond donors (Lipinski definition) is 0. The molecule has 0 amide bonds. The highest BCUT2D eigenvalue weighted by Crippen LogP contribution is 2.27. The van der Waals surface area contributed by atoms with E-state index in [0.29, 0.717) is 12.3 Å². The lowest BCUT2D eigenvalue weighted by Gasteiger charge is -2.24. The minimum atomic E-state index is 0.486. The first-order valence-corrected chi connectivity index (χ1v) is 4.27. The van der Waals surface area contributed by atoms with Gasteiger partial charge < -0.3 is 4.74 Å². The van der Waals surface area contributed by atoms with Crippen molar-refractivity contribution in [2.24, 2.45) is 0 Å². The summed E-state index contributed by atoms with van der Waals surface area (Å²) in [6.07, 6.45) is 5.15. The molecule has 0 aromatic carbocycles. The van der Waals surface area contributed by atoms with E-state index in [1.54, 1.807) is 0 Å². The summed E-state index contributed by atoms with van der Waals surface area (Å²) in [5.41, 5.74) is 0. The topological polar surface area (TPSA) is 15.8 Å². The molecule has 0 spiro atoms. The lowest BCUT2D eigenvalue weighted by atomic mass is 10.1. The molecule has 2 aliphatic heterocycles. The molecule has 10 heavy (non-hydrogen) atoms. The van der Waals surface area contributed by atoms with Crippen LogP contribution in [0.1, 0.15) is 26.2 Å². The van der Waals surface area contributed by atoms with Crippen molar-refractivity contribution in [1.82, 2.24) is 4.90 Å². The molecule has 2 heterocycles. The van der Waals surface area contributed by atoms with Gasteiger partial charge in [0.1, 0.15) is 6.23 Å². The highest BCUT2D eigenvalue weighted by atomic mass is 16.6. The van der Waals surface area contributed by atoms with Gasteiger partial charge in [0.05, 0.1) is 6.10 Å². The predicted molar refractivity (Wildman–Crippen MR) is 39.8 cm³/mol. The number of hydrogen-bond acceptors (Lipinski definition) is 2. The highest BCUT2D eigenvalue weighted by Gasteiger charge is 2.39. The van der Waals surface area contributed by atoms with E-state index in [-0.39, 0.29) is 0 Å². The fourth-order valence-corrected chi connectivity index (χ4v) is 1.73. The SMILES string of the molecule is CC1OC1N1CCCCC1. The average Bonchev–Trinajstić information content (AvgIpc) is 2.69. The van der Waals surface area contributed by atoms with Crippen molar-refractivity contribution in [3.63, 3.8) is 0 Å². The van der Waals surface area contributed by atoms with E-state index in [0.717, 1.165) is 0 Å². The molecular weight excluding hydrogens is 126 g/mol. The standard InChI is InChI=1S/C8H15NO/c1-7-8(10-7)9-5-3-2-4-6-9/h7-8H,2-6H2,1H3. The average molecular weight is 141 g/mol. The Hall–Kier alpha value is -0.0800. The van der Waals surface area contributed by atoms with Crippen LogP contribution in [0.5, 0.6) is 0 Å². The molecule has 2 heteroatoms. The van der Waals surface area contributed by atoms with Crippen LogP contribution in [0.25, 0.3) is 0 Å². The molecular formula is C8H15NO. The predicted octanol–water partition coefficient (Wildman–Crippen LogP) is 1.22. The summed E-state index contributed by atoms with van der Waals surface area (Å²) < 4.78 is 5.38. The molecule has 0 N–H and O–H groups in total. The molecule has 0 radical (unpaired) electrons. The van der Waals surface area contributed by atoms with Gasteiger partial charge >= 0.3 is 0 Å². The van der Waals surface area contributed by atoms with Crippen LogP contribution >= 0.6 is 0 Å². The largest absolute Gasteiger partial charge is 0.353 e. The number of likely N-dealkylation sites (tertiary alicyclic amines) is 1. The quantitative estimate of drug-likeness (QED) is 0.510. The Labute approximate surface area is 62.2 Å². The Morgan fingerprint density at radius 3 is 2.30 bits per heavy atom. The van der Waals surface area contributed by atoms with Crippen molar-refractivity contribution in [3.8, 4) is 0 Å². The second kappa shape index (κ2) is 2.51. The van der Waals surface area contributed by atoms with Gasteiger partial charge in [0.2, 0.25) is 0 Å². The van der Waals surface area contributed by atoms with Crippen LogP contribution in [0.4, 0.5) is 0 Å². The van der Waals surface area contributed by atoms with Gasteiger partial charge in [-0.05, 0) is 19.8 Å². The number of ether oxygens (including phenoxy) is 1. The molecule has 2 fully saturated rings. The lowest BCUT2D eigenvalue weighted by Crippen LogP contribution is -2.33. The summed E-state index contributed by atoms with van der Waals surface area (Å²) in [5.74, 6) is 0. The van der Waals surface area contributed by atoms with Crippen LogP contribution in [0.3, 0.4) is 0 Å². The minimum Gasteiger partial charge on any atom is -0.353 e. The molecule has 2 unspecified atom stereocenters. The van der Waals surface area contributed by atoms with Gasteiger partial charge in [-0.3, -0.25) is 4.90 Å². The van der Waals surface area contributed by atoms with E-state index >= 15 is 0 Å². The molecule has 58 valence electrons. The van der Waals surface area contributed by atoms with E-state index in [9.17, 15) is 0 Å². The molecule has 0 aromatic heterocycles. The van der Waals surface area contributed by atoms with Crippen molar-refractivity contribution in [2.75, 3.05) is 13.1 Å². The second-order valence-corrected chi connectivity index (χ2v) is 3.33. The van der Waals surface area contributed by atoms with Gasteiger partial charge in [0.25, 0.3) is 0 Å². The van der Waals surface area contributed by atoms with E-state index in [1.807, 2.05) is 0 Å². The fourth-order valence-electron chi connectivity index (χ4n) is 1.73. The molecule has 2 aliphatic rings. The number of nitrogens with zero attached hydrogens (tertiary/aromatic N) is 1. The number of rotatable bonds is 1. The number of epoxide rings is 1.